The topological polar surface area (TPSA) is 150 Å². The molecule has 1 unspecified atom stereocenters. The van der Waals surface area contributed by atoms with Gasteiger partial charge < -0.3 is 34.2 Å². The Kier molecular flexibility index (Phi) is 12.2. The number of hydrogen-bond donors (Lipinski definition) is 1. The predicted molar refractivity (Wildman–Crippen MR) is 140 cm³/mol. The van der Waals surface area contributed by atoms with Crippen LogP contribution in [0.3, 0.4) is 0 Å². The SMILES string of the molecule is CCCOC(=O)Oc1ccc(CC(N)(C[C@H](C)OC(=O)c2ccccc2)C(=O)OC)cc1OC(=O)OCCC. The molecular weight excluding hydrogens is 510 g/mol. The van der Waals surface area contributed by atoms with Gasteiger partial charge in [-0.2, -0.15) is 0 Å². The molecule has 0 aliphatic carbocycles. The van der Waals surface area contributed by atoms with Crippen molar-refractivity contribution < 1.29 is 47.6 Å². The van der Waals surface area contributed by atoms with Crippen molar-refractivity contribution in [3.63, 3.8) is 0 Å². The Morgan fingerprint density at radius 3 is 2.03 bits per heavy atom. The lowest BCUT2D eigenvalue weighted by atomic mass is 9.86. The van der Waals surface area contributed by atoms with Crippen LogP contribution in [0.25, 0.3) is 0 Å². The number of methoxy groups -OCH3 is 1. The Bertz CT molecular complexity index is 1120. The van der Waals surface area contributed by atoms with Gasteiger partial charge in [0.05, 0.1) is 25.9 Å². The third-order valence-corrected chi connectivity index (χ3v) is 5.32. The van der Waals surface area contributed by atoms with E-state index in [1.165, 1.54) is 25.3 Å². The fourth-order valence-corrected chi connectivity index (χ4v) is 3.61. The van der Waals surface area contributed by atoms with Crippen molar-refractivity contribution >= 4 is 24.2 Å². The third-order valence-electron chi connectivity index (χ3n) is 5.32. The molecule has 0 bridgehead atoms. The summed E-state index contributed by atoms with van der Waals surface area (Å²) in [6.45, 7) is 5.53. The van der Waals surface area contributed by atoms with Gasteiger partial charge in [0.1, 0.15) is 11.6 Å². The van der Waals surface area contributed by atoms with Gasteiger partial charge in [-0.15, -0.1) is 0 Å². The lowest BCUT2D eigenvalue weighted by Crippen LogP contribution is -2.53. The molecule has 2 atom stereocenters. The van der Waals surface area contributed by atoms with E-state index < -0.39 is 35.9 Å². The first-order chi connectivity index (χ1) is 18.6. The maximum atomic E-state index is 12.7. The van der Waals surface area contributed by atoms with Gasteiger partial charge in [-0.25, -0.2) is 14.4 Å². The average molecular weight is 546 g/mol. The number of rotatable bonds is 13. The summed E-state index contributed by atoms with van der Waals surface area (Å²) in [5.74, 6) is -1.54. The highest BCUT2D eigenvalue weighted by Crippen LogP contribution is 2.31. The third kappa shape index (κ3) is 9.93. The zero-order valence-corrected chi connectivity index (χ0v) is 22.6. The Morgan fingerprint density at radius 2 is 1.46 bits per heavy atom. The molecule has 11 heteroatoms. The smallest absolute Gasteiger partial charge is 0.468 e. The van der Waals surface area contributed by atoms with Crippen molar-refractivity contribution in [3.8, 4) is 11.5 Å². The summed E-state index contributed by atoms with van der Waals surface area (Å²) < 4.78 is 30.8. The molecule has 39 heavy (non-hydrogen) atoms. The van der Waals surface area contributed by atoms with Crippen LogP contribution in [0.4, 0.5) is 9.59 Å². The molecule has 0 saturated carbocycles. The molecule has 0 aromatic heterocycles. The minimum Gasteiger partial charge on any atom is -0.468 e. The molecule has 2 rings (SSSR count). The summed E-state index contributed by atoms with van der Waals surface area (Å²) >= 11 is 0. The lowest BCUT2D eigenvalue weighted by molar-refractivity contribution is -0.148. The van der Waals surface area contributed by atoms with Crippen LogP contribution in [0.1, 0.15) is 56.0 Å². The maximum absolute atomic E-state index is 12.7. The summed E-state index contributed by atoms with van der Waals surface area (Å²) in [5, 5.41) is 0. The molecule has 0 radical (unpaired) electrons. The van der Waals surface area contributed by atoms with Gasteiger partial charge in [0.15, 0.2) is 11.5 Å². The first-order valence-electron chi connectivity index (χ1n) is 12.6. The fraction of sp³-hybridized carbons (Fsp3) is 0.429. The quantitative estimate of drug-likeness (QED) is 0.214. The fourth-order valence-electron chi connectivity index (χ4n) is 3.61. The maximum Gasteiger partial charge on any atom is 0.513 e. The molecule has 0 amide bonds. The van der Waals surface area contributed by atoms with Crippen molar-refractivity contribution in [3.05, 3.63) is 59.7 Å². The monoisotopic (exact) mass is 545 g/mol. The first-order valence-corrected chi connectivity index (χ1v) is 12.6. The van der Waals surface area contributed by atoms with Crippen LogP contribution < -0.4 is 15.2 Å². The molecule has 2 aromatic rings. The van der Waals surface area contributed by atoms with Crippen LogP contribution in [0, 0.1) is 0 Å². The standard InChI is InChI=1S/C28H35NO10/c1-5-14-35-26(32)38-22-13-12-20(16-23(22)39-27(33)36-15-6-2)18-28(29,25(31)34-4)17-19(3)37-24(30)21-10-8-7-9-11-21/h7-13,16,19H,5-6,14-15,17-18,29H2,1-4H3/t19-,28?/m0/s1. The van der Waals surface area contributed by atoms with E-state index in [0.29, 0.717) is 24.0 Å². The van der Waals surface area contributed by atoms with E-state index >= 15 is 0 Å². The van der Waals surface area contributed by atoms with E-state index in [1.54, 1.807) is 37.3 Å². The molecule has 2 N–H and O–H groups in total. The molecular formula is C28H35NO10. The normalized spacial score (nSPS) is 12.8. The number of ether oxygens (including phenoxy) is 6. The van der Waals surface area contributed by atoms with Gasteiger partial charge in [-0.05, 0) is 49.6 Å². The van der Waals surface area contributed by atoms with Gasteiger partial charge in [0.25, 0.3) is 0 Å². The lowest BCUT2D eigenvalue weighted by Gasteiger charge is -2.29. The first kappa shape index (κ1) is 31.1. The molecule has 0 fully saturated rings. The Hall–Kier alpha value is -4.12. The van der Waals surface area contributed by atoms with Gasteiger partial charge in [0, 0.05) is 12.8 Å². The summed E-state index contributed by atoms with van der Waals surface area (Å²) in [4.78, 5) is 49.3. The van der Waals surface area contributed by atoms with E-state index in [-0.39, 0.29) is 37.6 Å². The van der Waals surface area contributed by atoms with Crippen molar-refractivity contribution in [1.29, 1.82) is 0 Å². The number of esters is 2. The number of carbonyl (C=O) groups excluding carboxylic acids is 4. The molecule has 0 heterocycles. The highest BCUT2D eigenvalue weighted by atomic mass is 16.7. The van der Waals surface area contributed by atoms with Crippen LogP contribution >= 0.6 is 0 Å². The highest BCUT2D eigenvalue weighted by Gasteiger charge is 2.38. The Balaban J connectivity index is 2.27. The molecule has 0 aliphatic rings. The number of carbonyl (C=O) groups is 4. The van der Waals surface area contributed by atoms with E-state index in [1.807, 2.05) is 13.8 Å². The van der Waals surface area contributed by atoms with Crippen molar-refractivity contribution in [2.75, 3.05) is 20.3 Å². The van der Waals surface area contributed by atoms with Crippen LogP contribution in [-0.4, -0.2) is 56.2 Å². The zero-order chi connectivity index (χ0) is 28.8. The summed E-state index contributed by atoms with van der Waals surface area (Å²) in [6, 6.07) is 12.7. The summed E-state index contributed by atoms with van der Waals surface area (Å²) in [5.41, 5.74) is 5.67. The summed E-state index contributed by atoms with van der Waals surface area (Å²) in [7, 11) is 1.20. The Labute approximate surface area is 227 Å². The predicted octanol–water partition coefficient (Wildman–Crippen LogP) is 4.59. The minimum atomic E-state index is -1.62. The van der Waals surface area contributed by atoms with E-state index in [0.717, 1.165) is 0 Å². The van der Waals surface area contributed by atoms with Gasteiger partial charge >= 0.3 is 24.2 Å². The highest BCUT2D eigenvalue weighted by molar-refractivity contribution is 5.89. The molecule has 2 aromatic carbocycles. The van der Waals surface area contributed by atoms with E-state index in [9.17, 15) is 19.2 Å². The average Bonchev–Trinajstić information content (AvgIpc) is 2.91. The molecule has 0 spiro atoms. The van der Waals surface area contributed by atoms with Crippen molar-refractivity contribution in [1.82, 2.24) is 0 Å². The largest absolute Gasteiger partial charge is 0.513 e. The van der Waals surface area contributed by atoms with Crippen LogP contribution in [-0.2, 0) is 30.2 Å². The van der Waals surface area contributed by atoms with Crippen molar-refractivity contribution in [2.45, 2.75) is 58.1 Å². The number of benzene rings is 2. The minimum absolute atomic E-state index is 0.0748. The molecule has 11 nitrogen and oxygen atoms in total. The molecule has 0 aliphatic heterocycles. The van der Waals surface area contributed by atoms with E-state index in [4.69, 9.17) is 34.2 Å². The summed E-state index contributed by atoms with van der Waals surface area (Å²) in [6.07, 6.45) is -1.74. The van der Waals surface area contributed by atoms with Gasteiger partial charge in [-0.1, -0.05) is 38.1 Å². The Morgan fingerprint density at radius 1 is 0.872 bits per heavy atom. The van der Waals surface area contributed by atoms with Gasteiger partial charge in [-0.3, -0.25) is 4.79 Å². The number of hydrogen-bond acceptors (Lipinski definition) is 11. The molecule has 0 saturated heterocycles. The van der Waals surface area contributed by atoms with Crippen LogP contribution in [0.5, 0.6) is 11.5 Å². The molecule has 212 valence electrons. The second-order valence-electron chi connectivity index (χ2n) is 8.79. The second-order valence-corrected chi connectivity index (χ2v) is 8.79. The van der Waals surface area contributed by atoms with E-state index in [2.05, 4.69) is 0 Å². The van der Waals surface area contributed by atoms with Crippen LogP contribution in [0.2, 0.25) is 0 Å². The van der Waals surface area contributed by atoms with Crippen molar-refractivity contribution in [2.24, 2.45) is 5.73 Å². The number of nitrogens with two attached hydrogens (primary N) is 1. The van der Waals surface area contributed by atoms with Gasteiger partial charge in [0.2, 0.25) is 0 Å². The zero-order valence-electron chi connectivity index (χ0n) is 22.6. The second kappa shape index (κ2) is 15.3. The van der Waals surface area contributed by atoms with Crippen LogP contribution in [0.15, 0.2) is 48.5 Å².